The molecule has 0 saturated heterocycles. The van der Waals surface area contributed by atoms with E-state index in [-0.39, 0.29) is 5.91 Å². The van der Waals surface area contributed by atoms with Crippen molar-refractivity contribution in [2.75, 3.05) is 18.5 Å². The lowest BCUT2D eigenvalue weighted by Crippen LogP contribution is -2.15. The van der Waals surface area contributed by atoms with Gasteiger partial charge in [0.05, 0.1) is 18.7 Å². The molecule has 2 rings (SSSR count). The fourth-order valence-corrected chi connectivity index (χ4v) is 2.34. The second-order valence-electron chi connectivity index (χ2n) is 5.29. The van der Waals surface area contributed by atoms with Crippen LogP contribution in [0, 0.1) is 20.8 Å². The molecule has 1 amide bonds. The van der Waals surface area contributed by atoms with Gasteiger partial charge in [0.15, 0.2) is 0 Å². The van der Waals surface area contributed by atoms with Gasteiger partial charge in [-0.25, -0.2) is 4.98 Å². The topological polar surface area (TPSA) is 56.1 Å². The van der Waals surface area contributed by atoms with Crippen molar-refractivity contribution in [3.8, 4) is 5.69 Å². The largest absolute Gasteiger partial charge is 0.381 e. The molecule has 0 atom stereocenters. The number of anilines is 1. The van der Waals surface area contributed by atoms with Gasteiger partial charge in [0, 0.05) is 24.2 Å². The van der Waals surface area contributed by atoms with Gasteiger partial charge in [-0.3, -0.25) is 4.79 Å². The number of nitrogens with zero attached hydrogens (tertiary/aromatic N) is 2. The highest BCUT2D eigenvalue weighted by atomic mass is 16.5. The number of nitrogens with one attached hydrogen (secondary N) is 1. The van der Waals surface area contributed by atoms with Gasteiger partial charge in [0.2, 0.25) is 5.91 Å². The molecule has 0 aliphatic rings. The number of amides is 1. The standard InChI is InChI=1S/C17H23N3O2/c1-5-22-9-8-17(21)19-16-7-6-15(10-12(16)2)20-11-13(3)18-14(20)4/h6-7,10-11H,5,8-9H2,1-4H3,(H,19,21). The van der Waals surface area contributed by atoms with Crippen LogP contribution in [-0.4, -0.2) is 28.7 Å². The number of carbonyl (C=O) groups excluding carboxylic acids is 1. The Balaban J connectivity index is 2.10. The number of aryl methyl sites for hydroxylation is 3. The van der Waals surface area contributed by atoms with Gasteiger partial charge < -0.3 is 14.6 Å². The number of imidazole rings is 1. The number of hydrogen-bond donors (Lipinski definition) is 1. The summed E-state index contributed by atoms with van der Waals surface area (Å²) in [5.74, 6) is 0.921. The fourth-order valence-electron chi connectivity index (χ4n) is 2.34. The van der Waals surface area contributed by atoms with Crippen LogP contribution in [0.3, 0.4) is 0 Å². The summed E-state index contributed by atoms with van der Waals surface area (Å²) in [6, 6.07) is 5.96. The highest BCUT2D eigenvalue weighted by Crippen LogP contribution is 2.20. The average molecular weight is 301 g/mol. The van der Waals surface area contributed by atoms with E-state index in [2.05, 4.69) is 10.3 Å². The Morgan fingerprint density at radius 1 is 1.32 bits per heavy atom. The Kier molecular flexibility index (Phi) is 5.33. The molecular formula is C17H23N3O2. The smallest absolute Gasteiger partial charge is 0.226 e. The first-order valence-corrected chi connectivity index (χ1v) is 7.52. The Bertz CT molecular complexity index is 662. The van der Waals surface area contributed by atoms with Crippen molar-refractivity contribution in [3.05, 3.63) is 41.5 Å². The number of rotatable bonds is 6. The zero-order valence-corrected chi connectivity index (χ0v) is 13.6. The molecule has 5 nitrogen and oxygen atoms in total. The maximum atomic E-state index is 11.8. The fraction of sp³-hybridized carbons (Fsp3) is 0.412. The van der Waals surface area contributed by atoms with Crippen molar-refractivity contribution in [1.82, 2.24) is 9.55 Å². The third-order valence-electron chi connectivity index (χ3n) is 3.44. The molecule has 5 heteroatoms. The van der Waals surface area contributed by atoms with Crippen LogP contribution < -0.4 is 5.32 Å². The van der Waals surface area contributed by atoms with E-state index >= 15 is 0 Å². The van der Waals surface area contributed by atoms with Crippen molar-refractivity contribution >= 4 is 11.6 Å². The molecule has 0 saturated carbocycles. The Labute approximate surface area is 131 Å². The van der Waals surface area contributed by atoms with Crippen LogP contribution in [-0.2, 0) is 9.53 Å². The maximum absolute atomic E-state index is 11.8. The predicted molar refractivity (Wildman–Crippen MR) is 87.5 cm³/mol. The van der Waals surface area contributed by atoms with E-state index in [1.165, 1.54) is 0 Å². The van der Waals surface area contributed by atoms with Crippen LogP contribution in [0.4, 0.5) is 5.69 Å². The molecule has 0 bridgehead atoms. The van der Waals surface area contributed by atoms with Crippen LogP contribution in [0.15, 0.2) is 24.4 Å². The van der Waals surface area contributed by atoms with Crippen LogP contribution >= 0.6 is 0 Å². The molecule has 1 aromatic carbocycles. The van der Waals surface area contributed by atoms with Crippen LogP contribution in [0.5, 0.6) is 0 Å². The van der Waals surface area contributed by atoms with Gasteiger partial charge in [-0.15, -0.1) is 0 Å². The highest BCUT2D eigenvalue weighted by molar-refractivity contribution is 5.91. The zero-order chi connectivity index (χ0) is 16.1. The Morgan fingerprint density at radius 2 is 2.09 bits per heavy atom. The molecule has 22 heavy (non-hydrogen) atoms. The third-order valence-corrected chi connectivity index (χ3v) is 3.44. The number of aromatic nitrogens is 2. The molecule has 1 heterocycles. The summed E-state index contributed by atoms with van der Waals surface area (Å²) in [6.07, 6.45) is 2.37. The molecule has 0 aliphatic heterocycles. The van der Waals surface area contributed by atoms with E-state index in [1.54, 1.807) is 0 Å². The lowest BCUT2D eigenvalue weighted by molar-refractivity contribution is -0.117. The second kappa shape index (κ2) is 7.22. The quantitative estimate of drug-likeness (QED) is 0.834. The molecule has 0 fully saturated rings. The molecule has 0 unspecified atom stereocenters. The van der Waals surface area contributed by atoms with Crippen molar-refractivity contribution < 1.29 is 9.53 Å². The number of carbonyl (C=O) groups is 1. The number of ether oxygens (including phenoxy) is 1. The second-order valence-corrected chi connectivity index (χ2v) is 5.29. The van der Waals surface area contributed by atoms with E-state index in [0.717, 1.165) is 28.5 Å². The van der Waals surface area contributed by atoms with Gasteiger partial charge in [-0.1, -0.05) is 0 Å². The Morgan fingerprint density at radius 3 is 2.68 bits per heavy atom. The maximum Gasteiger partial charge on any atom is 0.226 e. The van der Waals surface area contributed by atoms with Crippen molar-refractivity contribution in [1.29, 1.82) is 0 Å². The SMILES string of the molecule is CCOCCC(=O)Nc1ccc(-n2cc(C)nc2C)cc1C. The molecule has 118 valence electrons. The summed E-state index contributed by atoms with van der Waals surface area (Å²) in [7, 11) is 0. The minimum absolute atomic E-state index is 0.0287. The van der Waals surface area contributed by atoms with E-state index in [0.29, 0.717) is 19.6 Å². The lowest BCUT2D eigenvalue weighted by atomic mass is 10.1. The predicted octanol–water partition coefficient (Wildman–Crippen LogP) is 3.16. The molecule has 1 N–H and O–H groups in total. The van der Waals surface area contributed by atoms with E-state index < -0.39 is 0 Å². The summed E-state index contributed by atoms with van der Waals surface area (Å²) >= 11 is 0. The summed E-state index contributed by atoms with van der Waals surface area (Å²) in [6.45, 7) is 8.94. The number of hydrogen-bond acceptors (Lipinski definition) is 3. The normalized spacial score (nSPS) is 10.7. The van der Waals surface area contributed by atoms with Crippen LogP contribution in [0.25, 0.3) is 5.69 Å². The lowest BCUT2D eigenvalue weighted by Gasteiger charge is -2.11. The van der Waals surface area contributed by atoms with Crippen molar-refractivity contribution in [2.45, 2.75) is 34.1 Å². The first-order valence-electron chi connectivity index (χ1n) is 7.52. The van der Waals surface area contributed by atoms with Crippen molar-refractivity contribution in [3.63, 3.8) is 0 Å². The molecule has 0 aliphatic carbocycles. The van der Waals surface area contributed by atoms with Crippen LogP contribution in [0.1, 0.15) is 30.4 Å². The van der Waals surface area contributed by atoms with E-state index in [4.69, 9.17) is 4.74 Å². The first-order chi connectivity index (χ1) is 10.5. The zero-order valence-electron chi connectivity index (χ0n) is 13.6. The summed E-state index contributed by atoms with van der Waals surface area (Å²) in [4.78, 5) is 16.3. The van der Waals surface area contributed by atoms with Gasteiger partial charge in [0.25, 0.3) is 0 Å². The average Bonchev–Trinajstić information content (AvgIpc) is 2.80. The Hall–Kier alpha value is -2.14. The van der Waals surface area contributed by atoms with Gasteiger partial charge in [-0.2, -0.15) is 0 Å². The van der Waals surface area contributed by atoms with Gasteiger partial charge >= 0.3 is 0 Å². The van der Waals surface area contributed by atoms with Gasteiger partial charge in [-0.05, 0) is 51.5 Å². The molecule has 2 aromatic rings. The summed E-state index contributed by atoms with van der Waals surface area (Å²) in [5.41, 5.74) is 3.89. The van der Waals surface area contributed by atoms with Gasteiger partial charge in [0.1, 0.15) is 5.82 Å². The number of benzene rings is 1. The van der Waals surface area contributed by atoms with Crippen molar-refractivity contribution in [2.24, 2.45) is 0 Å². The van der Waals surface area contributed by atoms with E-state index in [1.807, 2.05) is 56.7 Å². The van der Waals surface area contributed by atoms with E-state index in [9.17, 15) is 4.79 Å². The molecule has 1 aromatic heterocycles. The first kappa shape index (κ1) is 16.2. The molecular weight excluding hydrogens is 278 g/mol. The molecule has 0 spiro atoms. The summed E-state index contributed by atoms with van der Waals surface area (Å²) in [5, 5.41) is 2.92. The third kappa shape index (κ3) is 3.95. The highest BCUT2D eigenvalue weighted by Gasteiger charge is 2.08. The van der Waals surface area contributed by atoms with Crippen LogP contribution in [0.2, 0.25) is 0 Å². The minimum Gasteiger partial charge on any atom is -0.381 e. The monoisotopic (exact) mass is 301 g/mol. The minimum atomic E-state index is -0.0287. The summed E-state index contributed by atoms with van der Waals surface area (Å²) < 4.78 is 7.24. The molecule has 0 radical (unpaired) electrons.